The number of anilines is 1. The molecule has 0 aliphatic rings. The first-order valence-corrected chi connectivity index (χ1v) is 9.83. The van der Waals surface area contributed by atoms with Gasteiger partial charge in [0.1, 0.15) is 5.75 Å². The second kappa shape index (κ2) is 8.95. The molecular weight excluding hydrogens is 419 g/mol. The SMILES string of the molecule is Oc1c(Cl)cc(Cl)cc1/C=N/Nc1nc(-c2ccccc2)cc(-c2ccccc2)n1. The lowest BCUT2D eigenvalue weighted by atomic mass is 10.1. The van der Waals surface area contributed by atoms with Gasteiger partial charge in [-0.2, -0.15) is 5.10 Å². The van der Waals surface area contributed by atoms with E-state index in [9.17, 15) is 5.11 Å². The van der Waals surface area contributed by atoms with Crippen LogP contribution >= 0.6 is 23.2 Å². The number of hydrogen-bond acceptors (Lipinski definition) is 5. The highest BCUT2D eigenvalue weighted by molar-refractivity contribution is 6.36. The summed E-state index contributed by atoms with van der Waals surface area (Å²) < 4.78 is 0. The van der Waals surface area contributed by atoms with Crippen molar-refractivity contribution in [3.05, 3.63) is 94.5 Å². The maximum atomic E-state index is 10.1. The standard InChI is InChI=1S/C23H16Cl2N4O/c24-18-11-17(22(30)19(25)12-18)14-26-29-23-27-20(15-7-3-1-4-8-15)13-21(28-23)16-9-5-2-6-10-16/h1-14,30H,(H,27,28,29)/b26-14+. The van der Waals surface area contributed by atoms with Gasteiger partial charge in [0.25, 0.3) is 0 Å². The van der Waals surface area contributed by atoms with Crippen molar-refractivity contribution in [2.45, 2.75) is 0 Å². The predicted octanol–water partition coefficient (Wildman–Crippen LogP) is 6.27. The molecule has 0 unspecified atom stereocenters. The highest BCUT2D eigenvalue weighted by Gasteiger charge is 2.09. The minimum Gasteiger partial charge on any atom is -0.506 e. The fraction of sp³-hybridized carbons (Fsp3) is 0. The van der Waals surface area contributed by atoms with E-state index in [0.717, 1.165) is 22.5 Å². The van der Waals surface area contributed by atoms with Crippen molar-refractivity contribution in [2.24, 2.45) is 5.10 Å². The van der Waals surface area contributed by atoms with Crippen LogP contribution in [0.5, 0.6) is 5.75 Å². The maximum absolute atomic E-state index is 10.1. The summed E-state index contributed by atoms with van der Waals surface area (Å²) >= 11 is 11.9. The fourth-order valence-electron chi connectivity index (χ4n) is 2.85. The van der Waals surface area contributed by atoms with Crippen LogP contribution in [-0.4, -0.2) is 21.3 Å². The molecule has 0 amide bonds. The van der Waals surface area contributed by atoms with E-state index in [1.165, 1.54) is 12.3 Å². The highest BCUT2D eigenvalue weighted by atomic mass is 35.5. The van der Waals surface area contributed by atoms with E-state index in [4.69, 9.17) is 23.2 Å². The van der Waals surface area contributed by atoms with Crippen molar-refractivity contribution in [2.75, 3.05) is 5.43 Å². The number of phenols is 1. The van der Waals surface area contributed by atoms with E-state index in [0.29, 0.717) is 16.5 Å². The first-order valence-electron chi connectivity index (χ1n) is 9.07. The van der Waals surface area contributed by atoms with Gasteiger partial charge in [0.05, 0.1) is 22.6 Å². The lowest BCUT2D eigenvalue weighted by molar-refractivity contribution is 0.475. The summed E-state index contributed by atoms with van der Waals surface area (Å²) in [4.78, 5) is 9.13. The Morgan fingerprint density at radius 2 is 1.37 bits per heavy atom. The first kappa shape index (κ1) is 19.9. The molecule has 0 atom stereocenters. The summed E-state index contributed by atoms with van der Waals surface area (Å²) in [6, 6.07) is 24.6. The molecule has 1 heterocycles. The number of aromatic hydroxyl groups is 1. The van der Waals surface area contributed by atoms with Gasteiger partial charge in [-0.25, -0.2) is 15.4 Å². The minimum atomic E-state index is -0.101. The Kier molecular flexibility index (Phi) is 5.93. The number of rotatable bonds is 5. The molecule has 0 aliphatic carbocycles. The quantitative estimate of drug-likeness (QED) is 0.286. The molecular formula is C23H16Cl2N4O. The smallest absolute Gasteiger partial charge is 0.244 e. The Bertz CT molecular complexity index is 1140. The molecule has 0 aliphatic heterocycles. The largest absolute Gasteiger partial charge is 0.506 e. The topological polar surface area (TPSA) is 70.4 Å². The van der Waals surface area contributed by atoms with E-state index in [1.807, 2.05) is 66.7 Å². The predicted molar refractivity (Wildman–Crippen MR) is 122 cm³/mol. The molecule has 148 valence electrons. The zero-order valence-electron chi connectivity index (χ0n) is 15.6. The van der Waals surface area contributed by atoms with Gasteiger partial charge in [-0.05, 0) is 18.2 Å². The van der Waals surface area contributed by atoms with Crippen LogP contribution in [-0.2, 0) is 0 Å². The maximum Gasteiger partial charge on any atom is 0.244 e. The van der Waals surface area contributed by atoms with Crippen LogP contribution in [0.15, 0.2) is 84.0 Å². The summed E-state index contributed by atoms with van der Waals surface area (Å²) in [6.45, 7) is 0. The van der Waals surface area contributed by atoms with Gasteiger partial charge >= 0.3 is 0 Å². The van der Waals surface area contributed by atoms with Gasteiger partial charge in [-0.15, -0.1) is 0 Å². The van der Waals surface area contributed by atoms with E-state index in [1.54, 1.807) is 6.07 Å². The zero-order valence-corrected chi connectivity index (χ0v) is 17.1. The number of phenolic OH excluding ortho intramolecular Hbond substituents is 1. The Morgan fingerprint density at radius 3 is 1.93 bits per heavy atom. The molecule has 0 bridgehead atoms. The Labute approximate surface area is 183 Å². The number of aromatic nitrogens is 2. The summed E-state index contributed by atoms with van der Waals surface area (Å²) in [7, 11) is 0. The van der Waals surface area contributed by atoms with E-state index in [-0.39, 0.29) is 10.8 Å². The van der Waals surface area contributed by atoms with E-state index in [2.05, 4.69) is 20.5 Å². The van der Waals surface area contributed by atoms with Gasteiger partial charge in [0.15, 0.2) is 0 Å². The second-order valence-electron chi connectivity index (χ2n) is 6.39. The van der Waals surface area contributed by atoms with Crippen molar-refractivity contribution in [1.82, 2.24) is 9.97 Å². The molecule has 7 heteroatoms. The number of nitrogens with zero attached hydrogens (tertiary/aromatic N) is 3. The molecule has 0 spiro atoms. The third-order valence-electron chi connectivity index (χ3n) is 4.29. The van der Waals surface area contributed by atoms with Crippen molar-refractivity contribution in [3.63, 3.8) is 0 Å². The van der Waals surface area contributed by atoms with Gasteiger partial charge in [-0.3, -0.25) is 0 Å². The number of hydrazone groups is 1. The third kappa shape index (κ3) is 4.59. The average Bonchev–Trinajstić information content (AvgIpc) is 2.78. The summed E-state index contributed by atoms with van der Waals surface area (Å²) in [6.07, 6.45) is 1.41. The van der Waals surface area contributed by atoms with Crippen LogP contribution in [0.4, 0.5) is 5.95 Å². The lowest BCUT2D eigenvalue weighted by Gasteiger charge is -2.08. The van der Waals surface area contributed by atoms with Crippen molar-refractivity contribution >= 4 is 35.4 Å². The van der Waals surface area contributed by atoms with Crippen molar-refractivity contribution in [1.29, 1.82) is 0 Å². The number of nitrogens with one attached hydrogen (secondary N) is 1. The average molecular weight is 435 g/mol. The molecule has 30 heavy (non-hydrogen) atoms. The van der Waals surface area contributed by atoms with Gasteiger partial charge in [0.2, 0.25) is 5.95 Å². The van der Waals surface area contributed by atoms with Crippen LogP contribution < -0.4 is 5.43 Å². The fourth-order valence-corrected chi connectivity index (χ4v) is 3.36. The molecule has 3 aromatic carbocycles. The Morgan fingerprint density at radius 1 is 0.800 bits per heavy atom. The number of hydrogen-bond donors (Lipinski definition) is 2. The molecule has 0 radical (unpaired) electrons. The normalized spacial score (nSPS) is 11.0. The number of halogens is 2. The molecule has 4 aromatic rings. The monoisotopic (exact) mass is 434 g/mol. The Hall–Kier alpha value is -3.41. The van der Waals surface area contributed by atoms with Crippen LogP contribution in [0.25, 0.3) is 22.5 Å². The molecule has 4 rings (SSSR count). The van der Waals surface area contributed by atoms with Gasteiger partial charge in [-0.1, -0.05) is 83.9 Å². The van der Waals surface area contributed by atoms with Crippen LogP contribution in [0, 0.1) is 0 Å². The van der Waals surface area contributed by atoms with Crippen molar-refractivity contribution in [3.8, 4) is 28.3 Å². The molecule has 0 saturated heterocycles. The third-order valence-corrected chi connectivity index (χ3v) is 4.80. The van der Waals surface area contributed by atoms with E-state index < -0.39 is 0 Å². The van der Waals surface area contributed by atoms with Gasteiger partial charge in [0, 0.05) is 21.7 Å². The molecule has 1 aromatic heterocycles. The van der Waals surface area contributed by atoms with Crippen LogP contribution in [0.2, 0.25) is 10.0 Å². The van der Waals surface area contributed by atoms with E-state index >= 15 is 0 Å². The lowest BCUT2D eigenvalue weighted by Crippen LogP contribution is -2.00. The molecule has 5 nitrogen and oxygen atoms in total. The molecule has 0 saturated carbocycles. The van der Waals surface area contributed by atoms with Crippen LogP contribution in [0.3, 0.4) is 0 Å². The zero-order chi connectivity index (χ0) is 20.9. The number of benzene rings is 3. The van der Waals surface area contributed by atoms with Crippen LogP contribution in [0.1, 0.15) is 5.56 Å². The minimum absolute atomic E-state index is 0.101. The molecule has 2 N–H and O–H groups in total. The summed E-state index contributed by atoms with van der Waals surface area (Å²) in [5.74, 6) is 0.217. The van der Waals surface area contributed by atoms with Crippen molar-refractivity contribution < 1.29 is 5.11 Å². The summed E-state index contributed by atoms with van der Waals surface area (Å²) in [5, 5.41) is 14.8. The summed E-state index contributed by atoms with van der Waals surface area (Å²) in [5.41, 5.74) is 6.65. The van der Waals surface area contributed by atoms with Gasteiger partial charge < -0.3 is 5.11 Å². The molecule has 0 fully saturated rings. The first-order chi connectivity index (χ1) is 14.6. The second-order valence-corrected chi connectivity index (χ2v) is 7.23. The Balaban J connectivity index is 1.69. The highest BCUT2D eigenvalue weighted by Crippen LogP contribution is 2.30.